The standard InChI is InChI=1S/C25H18N2S/c1-16-12-17(2)14-19(13-16)26-15-27-22-11-10-18-6-3-4-7-20(18)25(22)28-23-9-5-8-21(26)24(23)27/h3-14H,1-2H3. The third kappa shape index (κ3) is 2.20. The molecule has 28 heavy (non-hydrogen) atoms. The van der Waals surface area contributed by atoms with Crippen LogP contribution in [0.2, 0.25) is 0 Å². The van der Waals surface area contributed by atoms with Gasteiger partial charge in [0.15, 0.2) is 0 Å². The second-order valence-corrected chi connectivity index (χ2v) is 8.53. The van der Waals surface area contributed by atoms with Crippen LogP contribution in [0, 0.1) is 20.2 Å². The normalized spacial score (nSPS) is 12.5. The van der Waals surface area contributed by atoms with Gasteiger partial charge in [-0.05, 0) is 42.8 Å². The molecule has 0 atom stereocenters. The molecule has 0 unspecified atom stereocenters. The number of rotatable bonds is 1. The quantitative estimate of drug-likeness (QED) is 0.254. The Balaban J connectivity index is 1.70. The van der Waals surface area contributed by atoms with Crippen LogP contribution in [0.1, 0.15) is 11.1 Å². The fraction of sp³-hybridized carbons (Fsp3) is 0.0800. The molecule has 0 spiro atoms. The zero-order valence-electron chi connectivity index (χ0n) is 15.7. The molecule has 5 aromatic rings. The maximum Gasteiger partial charge on any atom is 0.269 e. The van der Waals surface area contributed by atoms with Crippen molar-refractivity contribution in [2.75, 3.05) is 0 Å². The third-order valence-corrected chi connectivity index (χ3v) is 6.60. The highest BCUT2D eigenvalue weighted by Gasteiger charge is 2.23. The highest BCUT2D eigenvalue weighted by atomic mass is 32.2. The van der Waals surface area contributed by atoms with Gasteiger partial charge in [0.05, 0.1) is 22.4 Å². The molecule has 6 rings (SSSR count). The van der Waals surface area contributed by atoms with Crippen molar-refractivity contribution in [2.45, 2.75) is 23.6 Å². The van der Waals surface area contributed by atoms with Crippen LogP contribution in [0.3, 0.4) is 0 Å². The van der Waals surface area contributed by atoms with Crippen molar-refractivity contribution in [1.82, 2.24) is 4.57 Å². The topological polar surface area (TPSA) is 8.81 Å². The van der Waals surface area contributed by atoms with Crippen LogP contribution in [0.15, 0.2) is 82.6 Å². The first-order valence-corrected chi connectivity index (χ1v) is 10.3. The molecular weight excluding hydrogens is 360 g/mol. The number of para-hydroxylation sites is 1. The Morgan fingerprint density at radius 1 is 0.857 bits per heavy atom. The molecular formula is C25H18N2S. The predicted molar refractivity (Wildman–Crippen MR) is 115 cm³/mol. The van der Waals surface area contributed by atoms with E-state index in [0.29, 0.717) is 0 Å². The zero-order valence-corrected chi connectivity index (χ0v) is 16.5. The van der Waals surface area contributed by atoms with E-state index in [2.05, 4.69) is 102 Å². The molecule has 134 valence electrons. The Labute approximate surface area is 168 Å². The minimum absolute atomic E-state index is 1.16. The lowest BCUT2D eigenvalue weighted by atomic mass is 10.1. The number of benzene rings is 4. The molecule has 1 aromatic heterocycles. The molecule has 0 bridgehead atoms. The van der Waals surface area contributed by atoms with Crippen molar-refractivity contribution in [1.29, 1.82) is 0 Å². The fourth-order valence-corrected chi connectivity index (χ4v) is 5.50. The summed E-state index contributed by atoms with van der Waals surface area (Å²) in [7, 11) is 0. The molecule has 0 fully saturated rings. The summed E-state index contributed by atoms with van der Waals surface area (Å²) in [6, 6.07) is 26.3. The SMILES string of the molecule is Cc1cc(C)cc(-n2[c-][n+]3c4c(cccc42)Sc2c-3ccc3ccccc23)c1. The van der Waals surface area contributed by atoms with Gasteiger partial charge in [-0.15, -0.1) is 0 Å². The molecule has 2 heterocycles. The Kier molecular flexibility index (Phi) is 3.27. The molecule has 3 heteroatoms. The third-order valence-electron chi connectivity index (χ3n) is 5.42. The van der Waals surface area contributed by atoms with Crippen LogP contribution < -0.4 is 4.57 Å². The summed E-state index contributed by atoms with van der Waals surface area (Å²) in [5.74, 6) is 0. The monoisotopic (exact) mass is 378 g/mol. The fourth-order valence-electron chi connectivity index (χ4n) is 4.28. The van der Waals surface area contributed by atoms with Crippen LogP contribution in [0.25, 0.3) is 33.2 Å². The van der Waals surface area contributed by atoms with E-state index in [0.717, 1.165) is 5.69 Å². The van der Waals surface area contributed by atoms with Crippen molar-refractivity contribution >= 4 is 33.6 Å². The number of hydrogen-bond donors (Lipinski definition) is 0. The molecule has 0 aliphatic carbocycles. The minimum atomic E-state index is 1.16. The van der Waals surface area contributed by atoms with Crippen molar-refractivity contribution in [2.24, 2.45) is 0 Å². The summed E-state index contributed by atoms with van der Waals surface area (Å²) in [5.41, 5.74) is 7.32. The molecule has 1 aliphatic rings. The number of hydrogen-bond acceptors (Lipinski definition) is 1. The van der Waals surface area contributed by atoms with Crippen molar-refractivity contribution in [3.05, 3.63) is 90.3 Å². The van der Waals surface area contributed by atoms with E-state index in [-0.39, 0.29) is 0 Å². The Bertz CT molecular complexity index is 1390. The van der Waals surface area contributed by atoms with Crippen molar-refractivity contribution < 1.29 is 4.57 Å². The lowest BCUT2D eigenvalue weighted by Crippen LogP contribution is -2.32. The summed E-state index contributed by atoms with van der Waals surface area (Å²) in [4.78, 5) is 2.58. The first-order valence-electron chi connectivity index (χ1n) is 9.46. The molecule has 0 saturated carbocycles. The van der Waals surface area contributed by atoms with E-state index in [1.807, 2.05) is 11.8 Å². The molecule has 0 saturated heterocycles. The summed E-state index contributed by atoms with van der Waals surface area (Å²) in [6.07, 6.45) is 3.64. The van der Waals surface area contributed by atoms with E-state index in [9.17, 15) is 0 Å². The Morgan fingerprint density at radius 2 is 1.68 bits per heavy atom. The van der Waals surface area contributed by atoms with Gasteiger partial charge in [0.1, 0.15) is 0 Å². The van der Waals surface area contributed by atoms with E-state index in [1.165, 1.54) is 48.4 Å². The molecule has 1 aliphatic heterocycles. The van der Waals surface area contributed by atoms with Crippen LogP contribution in [-0.2, 0) is 0 Å². The lowest BCUT2D eigenvalue weighted by Gasteiger charge is -2.19. The van der Waals surface area contributed by atoms with Gasteiger partial charge in [-0.3, -0.25) is 9.13 Å². The predicted octanol–water partition coefficient (Wildman–Crippen LogP) is 5.94. The molecule has 0 N–H and O–H groups in total. The Hall–Kier alpha value is -3.04. The summed E-state index contributed by atoms with van der Waals surface area (Å²) in [6.45, 7) is 4.30. The van der Waals surface area contributed by atoms with E-state index in [1.54, 1.807) is 0 Å². The van der Waals surface area contributed by atoms with Gasteiger partial charge in [0.25, 0.3) is 6.33 Å². The summed E-state index contributed by atoms with van der Waals surface area (Å²) < 4.78 is 4.43. The second-order valence-electron chi connectivity index (χ2n) is 7.48. The Morgan fingerprint density at radius 3 is 2.54 bits per heavy atom. The average molecular weight is 379 g/mol. The van der Waals surface area contributed by atoms with Gasteiger partial charge in [0.2, 0.25) is 0 Å². The maximum absolute atomic E-state index is 3.64. The first kappa shape index (κ1) is 16.0. The van der Waals surface area contributed by atoms with Crippen LogP contribution in [0.4, 0.5) is 0 Å². The highest BCUT2D eigenvalue weighted by molar-refractivity contribution is 8.00. The van der Waals surface area contributed by atoms with Gasteiger partial charge < -0.3 is 0 Å². The number of imidazole rings is 1. The van der Waals surface area contributed by atoms with Gasteiger partial charge in [-0.2, -0.15) is 0 Å². The smallest absolute Gasteiger partial charge is 0.269 e. The van der Waals surface area contributed by atoms with Crippen molar-refractivity contribution in [3.63, 3.8) is 0 Å². The molecule has 0 amide bonds. The highest BCUT2D eigenvalue weighted by Crippen LogP contribution is 2.42. The number of aryl methyl sites for hydroxylation is 2. The average Bonchev–Trinajstić information content (AvgIpc) is 3.09. The van der Waals surface area contributed by atoms with Crippen LogP contribution in [-0.4, -0.2) is 4.57 Å². The van der Waals surface area contributed by atoms with Gasteiger partial charge in [-0.1, -0.05) is 77.5 Å². The number of nitrogens with zero attached hydrogens (tertiary/aromatic N) is 2. The second kappa shape index (κ2) is 5.73. The van der Waals surface area contributed by atoms with Crippen LogP contribution >= 0.6 is 11.8 Å². The largest absolute Gasteiger partial charge is 0.292 e. The molecule has 0 radical (unpaired) electrons. The number of aromatic nitrogens is 2. The van der Waals surface area contributed by atoms with Gasteiger partial charge in [-0.25, -0.2) is 0 Å². The summed E-state index contributed by atoms with van der Waals surface area (Å²) in [5, 5.41) is 2.58. The molecule has 4 aromatic carbocycles. The van der Waals surface area contributed by atoms with E-state index >= 15 is 0 Å². The van der Waals surface area contributed by atoms with Gasteiger partial charge >= 0.3 is 0 Å². The first-order chi connectivity index (χ1) is 13.7. The molecule has 2 nitrogen and oxygen atoms in total. The maximum atomic E-state index is 3.64. The van der Waals surface area contributed by atoms with Crippen LogP contribution in [0.5, 0.6) is 0 Å². The zero-order chi connectivity index (χ0) is 18.8. The van der Waals surface area contributed by atoms with Gasteiger partial charge in [0, 0.05) is 9.79 Å². The minimum Gasteiger partial charge on any atom is -0.292 e. The van der Waals surface area contributed by atoms with E-state index in [4.69, 9.17) is 0 Å². The number of fused-ring (bicyclic) bond motifs is 4. The summed E-state index contributed by atoms with van der Waals surface area (Å²) >= 11 is 1.87. The van der Waals surface area contributed by atoms with E-state index < -0.39 is 0 Å². The van der Waals surface area contributed by atoms with Crippen molar-refractivity contribution in [3.8, 4) is 11.4 Å². The lowest BCUT2D eigenvalue weighted by molar-refractivity contribution is -0.576.